The summed E-state index contributed by atoms with van der Waals surface area (Å²) in [5.41, 5.74) is 0. The van der Waals surface area contributed by atoms with E-state index in [2.05, 4.69) is 25.8 Å². The van der Waals surface area contributed by atoms with E-state index >= 15 is 0 Å². The summed E-state index contributed by atoms with van der Waals surface area (Å²) in [4.78, 5) is 4.14. The molecule has 2 nitrogen and oxygen atoms in total. The average Bonchev–Trinajstić information content (AvgIpc) is 2.56. The molecule has 0 saturated carbocycles. The molecule has 1 rings (SSSR count). The number of rotatable bonds is 4. The van der Waals surface area contributed by atoms with Gasteiger partial charge in [0.1, 0.15) is 6.26 Å². The Hall–Kier alpha value is -0.790. The zero-order chi connectivity index (χ0) is 8.97. The van der Waals surface area contributed by atoms with Gasteiger partial charge in [0.05, 0.1) is 6.20 Å². The normalized spacial score (nSPS) is 15.9. The lowest BCUT2D eigenvalue weighted by atomic mass is 9.95. The Morgan fingerprint density at radius 2 is 2.25 bits per heavy atom. The Balaban J connectivity index is 2.44. The highest BCUT2D eigenvalue weighted by atomic mass is 16.3. The number of nitrogens with zero attached hydrogens (tertiary/aromatic N) is 1. The maximum absolute atomic E-state index is 5.23. The molecule has 1 aromatic rings. The van der Waals surface area contributed by atoms with Crippen LogP contribution < -0.4 is 0 Å². The molecule has 0 spiro atoms. The molecule has 0 N–H and O–H groups in total. The molecule has 2 heteroatoms. The highest BCUT2D eigenvalue weighted by molar-refractivity contribution is 4.89. The standard InChI is InChI=1S/C10H17NO/c1-4-8(2)7-9(3)10-11-5-6-12-10/h5-6,8-9H,4,7H2,1-3H3. The third-order valence-electron chi connectivity index (χ3n) is 2.33. The van der Waals surface area contributed by atoms with Crippen LogP contribution in [0.25, 0.3) is 0 Å². The van der Waals surface area contributed by atoms with E-state index in [0.717, 1.165) is 18.2 Å². The molecule has 0 fully saturated rings. The summed E-state index contributed by atoms with van der Waals surface area (Å²) in [6.45, 7) is 6.64. The Kier molecular flexibility index (Phi) is 3.32. The molecule has 1 aromatic heterocycles. The van der Waals surface area contributed by atoms with Crippen molar-refractivity contribution < 1.29 is 4.42 Å². The van der Waals surface area contributed by atoms with Crippen LogP contribution in [0.5, 0.6) is 0 Å². The highest BCUT2D eigenvalue weighted by Gasteiger charge is 2.12. The van der Waals surface area contributed by atoms with Crippen molar-refractivity contribution in [2.75, 3.05) is 0 Å². The molecule has 0 amide bonds. The van der Waals surface area contributed by atoms with E-state index < -0.39 is 0 Å². The van der Waals surface area contributed by atoms with E-state index in [1.165, 1.54) is 6.42 Å². The smallest absolute Gasteiger partial charge is 0.196 e. The van der Waals surface area contributed by atoms with Crippen LogP contribution in [0, 0.1) is 5.92 Å². The van der Waals surface area contributed by atoms with Gasteiger partial charge in [0.15, 0.2) is 5.89 Å². The first kappa shape index (κ1) is 9.30. The van der Waals surface area contributed by atoms with Gasteiger partial charge >= 0.3 is 0 Å². The van der Waals surface area contributed by atoms with Crippen LogP contribution in [0.3, 0.4) is 0 Å². The quantitative estimate of drug-likeness (QED) is 0.688. The fourth-order valence-electron chi connectivity index (χ4n) is 1.35. The first-order chi connectivity index (χ1) is 5.74. The van der Waals surface area contributed by atoms with Gasteiger partial charge in [-0.1, -0.05) is 27.2 Å². The zero-order valence-corrected chi connectivity index (χ0v) is 8.08. The maximum atomic E-state index is 5.23. The van der Waals surface area contributed by atoms with Gasteiger partial charge in [0.2, 0.25) is 0 Å². The van der Waals surface area contributed by atoms with Crippen molar-refractivity contribution in [3.05, 3.63) is 18.4 Å². The Morgan fingerprint density at radius 1 is 1.50 bits per heavy atom. The SMILES string of the molecule is CCC(C)CC(C)c1ncco1. The molecule has 0 radical (unpaired) electrons. The lowest BCUT2D eigenvalue weighted by Crippen LogP contribution is -2.01. The summed E-state index contributed by atoms with van der Waals surface area (Å²) in [5.74, 6) is 2.08. The molecular weight excluding hydrogens is 150 g/mol. The van der Waals surface area contributed by atoms with E-state index in [9.17, 15) is 0 Å². The summed E-state index contributed by atoms with van der Waals surface area (Å²) in [6.07, 6.45) is 5.74. The summed E-state index contributed by atoms with van der Waals surface area (Å²) in [5, 5.41) is 0. The van der Waals surface area contributed by atoms with Crippen molar-refractivity contribution in [2.45, 2.75) is 39.5 Å². The second-order valence-electron chi connectivity index (χ2n) is 3.52. The van der Waals surface area contributed by atoms with Gasteiger partial charge < -0.3 is 4.42 Å². The van der Waals surface area contributed by atoms with Gasteiger partial charge in [-0.2, -0.15) is 0 Å². The van der Waals surface area contributed by atoms with Crippen LogP contribution in [-0.4, -0.2) is 4.98 Å². The number of oxazole rings is 1. The summed E-state index contributed by atoms with van der Waals surface area (Å²) < 4.78 is 5.23. The van der Waals surface area contributed by atoms with Crippen molar-refractivity contribution in [2.24, 2.45) is 5.92 Å². The third kappa shape index (κ3) is 2.36. The molecule has 2 unspecified atom stereocenters. The van der Waals surface area contributed by atoms with Crippen molar-refractivity contribution in [1.29, 1.82) is 0 Å². The van der Waals surface area contributed by atoms with Gasteiger partial charge in [-0.3, -0.25) is 0 Å². The monoisotopic (exact) mass is 167 g/mol. The molecule has 0 aliphatic carbocycles. The number of hydrogen-bond donors (Lipinski definition) is 0. The first-order valence-corrected chi connectivity index (χ1v) is 4.63. The molecular formula is C10H17NO. The zero-order valence-electron chi connectivity index (χ0n) is 8.08. The largest absolute Gasteiger partial charge is 0.449 e. The lowest BCUT2D eigenvalue weighted by molar-refractivity contribution is 0.395. The molecule has 2 atom stereocenters. The predicted octanol–water partition coefficient (Wildman–Crippen LogP) is 3.21. The maximum Gasteiger partial charge on any atom is 0.196 e. The Morgan fingerprint density at radius 3 is 2.75 bits per heavy atom. The summed E-state index contributed by atoms with van der Waals surface area (Å²) in [6, 6.07) is 0. The predicted molar refractivity (Wildman–Crippen MR) is 49.0 cm³/mol. The van der Waals surface area contributed by atoms with Crippen LogP contribution >= 0.6 is 0 Å². The van der Waals surface area contributed by atoms with E-state index in [-0.39, 0.29) is 0 Å². The first-order valence-electron chi connectivity index (χ1n) is 4.63. The van der Waals surface area contributed by atoms with E-state index in [4.69, 9.17) is 4.42 Å². The minimum atomic E-state index is 0.454. The number of hydrogen-bond acceptors (Lipinski definition) is 2. The van der Waals surface area contributed by atoms with Gasteiger partial charge in [-0.25, -0.2) is 4.98 Å². The third-order valence-corrected chi connectivity index (χ3v) is 2.33. The number of aromatic nitrogens is 1. The molecule has 0 aliphatic heterocycles. The van der Waals surface area contributed by atoms with Crippen LogP contribution in [0.1, 0.15) is 45.4 Å². The molecule has 12 heavy (non-hydrogen) atoms. The average molecular weight is 167 g/mol. The molecule has 1 heterocycles. The van der Waals surface area contributed by atoms with Crippen molar-refractivity contribution >= 4 is 0 Å². The van der Waals surface area contributed by atoms with Crippen LogP contribution in [-0.2, 0) is 0 Å². The fraction of sp³-hybridized carbons (Fsp3) is 0.700. The Bertz CT molecular complexity index is 206. The van der Waals surface area contributed by atoms with Gasteiger partial charge in [0, 0.05) is 5.92 Å². The van der Waals surface area contributed by atoms with Crippen molar-refractivity contribution in [1.82, 2.24) is 4.98 Å². The van der Waals surface area contributed by atoms with Gasteiger partial charge in [-0.15, -0.1) is 0 Å². The Labute approximate surface area is 74.0 Å². The van der Waals surface area contributed by atoms with Crippen LogP contribution in [0.15, 0.2) is 16.9 Å². The molecule has 0 bridgehead atoms. The molecule has 68 valence electrons. The minimum absolute atomic E-state index is 0.454. The summed E-state index contributed by atoms with van der Waals surface area (Å²) in [7, 11) is 0. The van der Waals surface area contributed by atoms with E-state index in [1.807, 2.05) is 0 Å². The molecule has 0 saturated heterocycles. The van der Waals surface area contributed by atoms with Gasteiger partial charge in [0.25, 0.3) is 0 Å². The fourth-order valence-corrected chi connectivity index (χ4v) is 1.35. The van der Waals surface area contributed by atoms with Gasteiger partial charge in [-0.05, 0) is 12.3 Å². The second-order valence-corrected chi connectivity index (χ2v) is 3.52. The van der Waals surface area contributed by atoms with Crippen LogP contribution in [0.4, 0.5) is 0 Å². The van der Waals surface area contributed by atoms with E-state index in [0.29, 0.717) is 5.92 Å². The lowest BCUT2D eigenvalue weighted by Gasteiger charge is -2.11. The summed E-state index contributed by atoms with van der Waals surface area (Å²) >= 11 is 0. The van der Waals surface area contributed by atoms with Crippen LogP contribution in [0.2, 0.25) is 0 Å². The molecule has 0 aromatic carbocycles. The second kappa shape index (κ2) is 4.29. The molecule has 0 aliphatic rings. The highest BCUT2D eigenvalue weighted by Crippen LogP contribution is 2.22. The van der Waals surface area contributed by atoms with Crippen molar-refractivity contribution in [3.63, 3.8) is 0 Å². The van der Waals surface area contributed by atoms with E-state index in [1.54, 1.807) is 12.5 Å². The topological polar surface area (TPSA) is 26.0 Å². The minimum Gasteiger partial charge on any atom is -0.449 e. The van der Waals surface area contributed by atoms with Crippen molar-refractivity contribution in [3.8, 4) is 0 Å².